The SMILES string of the molecule is O=C(C=Cc1ccc(Cl)cc1)Nc1cccc2nsnc12. The molecule has 1 heterocycles. The third kappa shape index (κ3) is 3.26. The maximum atomic E-state index is 11.9. The number of nitrogens with zero attached hydrogens (tertiary/aromatic N) is 2. The molecule has 0 spiro atoms. The number of rotatable bonds is 3. The minimum Gasteiger partial charge on any atom is -0.321 e. The molecule has 0 bridgehead atoms. The Kier molecular flexibility index (Phi) is 3.94. The van der Waals surface area contributed by atoms with E-state index < -0.39 is 0 Å². The number of carbonyl (C=O) groups is 1. The van der Waals surface area contributed by atoms with Crippen LogP contribution in [0.2, 0.25) is 5.02 Å². The van der Waals surface area contributed by atoms with Crippen LogP contribution < -0.4 is 5.32 Å². The summed E-state index contributed by atoms with van der Waals surface area (Å²) in [6, 6.07) is 12.7. The van der Waals surface area contributed by atoms with E-state index in [4.69, 9.17) is 11.6 Å². The molecule has 3 aromatic rings. The number of hydrogen-bond donors (Lipinski definition) is 1. The van der Waals surface area contributed by atoms with Crippen molar-refractivity contribution < 1.29 is 4.79 Å². The van der Waals surface area contributed by atoms with Crippen LogP contribution in [-0.2, 0) is 4.79 Å². The van der Waals surface area contributed by atoms with E-state index in [1.54, 1.807) is 24.3 Å². The van der Waals surface area contributed by atoms with Crippen molar-refractivity contribution in [1.82, 2.24) is 8.75 Å². The maximum Gasteiger partial charge on any atom is 0.248 e. The minimum absolute atomic E-state index is 0.217. The molecule has 1 aromatic heterocycles. The Bertz CT molecular complexity index is 811. The van der Waals surface area contributed by atoms with E-state index >= 15 is 0 Å². The van der Waals surface area contributed by atoms with Crippen molar-refractivity contribution in [3.05, 3.63) is 59.1 Å². The molecular weight excluding hydrogens is 306 g/mol. The van der Waals surface area contributed by atoms with Crippen molar-refractivity contribution in [3.8, 4) is 0 Å². The van der Waals surface area contributed by atoms with E-state index in [0.29, 0.717) is 16.2 Å². The number of carbonyl (C=O) groups excluding carboxylic acids is 1. The number of nitrogens with one attached hydrogen (secondary N) is 1. The molecule has 6 heteroatoms. The molecule has 2 aromatic carbocycles. The molecule has 1 N–H and O–H groups in total. The number of fused-ring (bicyclic) bond motifs is 1. The first-order valence-corrected chi connectivity index (χ1v) is 7.29. The summed E-state index contributed by atoms with van der Waals surface area (Å²) in [5, 5.41) is 3.47. The van der Waals surface area contributed by atoms with Gasteiger partial charge in [0.15, 0.2) is 0 Å². The fourth-order valence-corrected chi connectivity index (χ4v) is 2.50. The van der Waals surface area contributed by atoms with Gasteiger partial charge >= 0.3 is 0 Å². The van der Waals surface area contributed by atoms with Crippen LogP contribution in [0.1, 0.15) is 5.56 Å². The van der Waals surface area contributed by atoms with Crippen LogP contribution in [0.4, 0.5) is 5.69 Å². The minimum atomic E-state index is -0.217. The smallest absolute Gasteiger partial charge is 0.248 e. The van der Waals surface area contributed by atoms with Gasteiger partial charge in [-0.05, 0) is 35.9 Å². The predicted octanol–water partition coefficient (Wildman–Crippen LogP) is 4.00. The van der Waals surface area contributed by atoms with Gasteiger partial charge in [-0.2, -0.15) is 8.75 Å². The summed E-state index contributed by atoms with van der Waals surface area (Å²) in [6.07, 6.45) is 3.20. The molecule has 0 radical (unpaired) electrons. The Labute approximate surface area is 130 Å². The standard InChI is InChI=1S/C15H10ClN3OS/c16-11-7-4-10(5-8-11)6-9-14(20)17-12-2-1-3-13-15(12)19-21-18-13/h1-9H,(H,17,20). The van der Waals surface area contributed by atoms with Gasteiger partial charge in [0.1, 0.15) is 11.0 Å². The summed E-state index contributed by atoms with van der Waals surface area (Å²) < 4.78 is 8.31. The molecule has 0 atom stereocenters. The van der Waals surface area contributed by atoms with Gasteiger partial charge in [0.05, 0.1) is 17.4 Å². The Morgan fingerprint density at radius 2 is 1.95 bits per heavy atom. The van der Waals surface area contributed by atoms with Gasteiger partial charge in [0.25, 0.3) is 0 Å². The second-order valence-electron chi connectivity index (χ2n) is 4.31. The van der Waals surface area contributed by atoms with E-state index in [1.165, 1.54) is 6.08 Å². The van der Waals surface area contributed by atoms with Gasteiger partial charge in [0, 0.05) is 11.1 Å². The van der Waals surface area contributed by atoms with Gasteiger partial charge in [-0.3, -0.25) is 4.79 Å². The van der Waals surface area contributed by atoms with Crippen molar-refractivity contribution in [2.45, 2.75) is 0 Å². The zero-order chi connectivity index (χ0) is 14.7. The monoisotopic (exact) mass is 315 g/mol. The zero-order valence-electron chi connectivity index (χ0n) is 10.8. The second kappa shape index (κ2) is 6.03. The van der Waals surface area contributed by atoms with E-state index in [1.807, 2.05) is 24.3 Å². The van der Waals surface area contributed by atoms with Crippen molar-refractivity contribution in [3.63, 3.8) is 0 Å². The summed E-state index contributed by atoms with van der Waals surface area (Å²) in [4.78, 5) is 11.9. The highest BCUT2D eigenvalue weighted by atomic mass is 35.5. The number of anilines is 1. The Balaban J connectivity index is 1.74. The molecule has 0 unspecified atom stereocenters. The summed E-state index contributed by atoms with van der Waals surface area (Å²) >= 11 is 6.94. The average Bonchev–Trinajstić information content (AvgIpc) is 2.96. The van der Waals surface area contributed by atoms with Crippen LogP contribution in [0.25, 0.3) is 17.1 Å². The quantitative estimate of drug-likeness (QED) is 0.743. The van der Waals surface area contributed by atoms with Crippen molar-refractivity contribution >= 4 is 52.0 Å². The first-order chi connectivity index (χ1) is 10.2. The molecule has 104 valence electrons. The van der Waals surface area contributed by atoms with Crippen LogP contribution in [0.3, 0.4) is 0 Å². The van der Waals surface area contributed by atoms with Gasteiger partial charge in [-0.25, -0.2) is 0 Å². The Hall–Kier alpha value is -2.24. The normalized spacial score (nSPS) is 11.1. The number of amides is 1. The van der Waals surface area contributed by atoms with E-state index in [-0.39, 0.29) is 5.91 Å². The van der Waals surface area contributed by atoms with Gasteiger partial charge in [-0.1, -0.05) is 29.8 Å². The lowest BCUT2D eigenvalue weighted by Crippen LogP contribution is -2.08. The number of halogens is 1. The molecule has 0 aliphatic heterocycles. The predicted molar refractivity (Wildman–Crippen MR) is 86.5 cm³/mol. The molecule has 0 aliphatic carbocycles. The highest BCUT2D eigenvalue weighted by Gasteiger charge is 2.06. The molecule has 3 rings (SSSR count). The summed E-state index contributed by atoms with van der Waals surface area (Å²) in [7, 11) is 0. The third-order valence-corrected chi connectivity index (χ3v) is 3.64. The van der Waals surface area contributed by atoms with Crippen molar-refractivity contribution in [2.75, 3.05) is 5.32 Å². The molecule has 0 fully saturated rings. The molecule has 21 heavy (non-hydrogen) atoms. The van der Waals surface area contributed by atoms with E-state index in [0.717, 1.165) is 22.8 Å². The van der Waals surface area contributed by atoms with Gasteiger partial charge in [0.2, 0.25) is 5.91 Å². The summed E-state index contributed by atoms with van der Waals surface area (Å²) in [5.41, 5.74) is 3.05. The van der Waals surface area contributed by atoms with Crippen LogP contribution in [-0.4, -0.2) is 14.7 Å². The van der Waals surface area contributed by atoms with E-state index in [2.05, 4.69) is 14.1 Å². The molecule has 0 saturated carbocycles. The summed E-state index contributed by atoms with van der Waals surface area (Å²) in [6.45, 7) is 0. The lowest BCUT2D eigenvalue weighted by Gasteiger charge is -2.02. The fraction of sp³-hybridized carbons (Fsp3) is 0. The Morgan fingerprint density at radius 3 is 2.76 bits per heavy atom. The molecule has 4 nitrogen and oxygen atoms in total. The summed E-state index contributed by atoms with van der Waals surface area (Å²) in [5.74, 6) is -0.217. The van der Waals surface area contributed by atoms with Crippen molar-refractivity contribution in [1.29, 1.82) is 0 Å². The largest absolute Gasteiger partial charge is 0.321 e. The highest BCUT2D eigenvalue weighted by molar-refractivity contribution is 7.00. The Morgan fingerprint density at radius 1 is 1.14 bits per heavy atom. The number of benzene rings is 2. The van der Waals surface area contributed by atoms with Gasteiger partial charge < -0.3 is 5.32 Å². The first kappa shape index (κ1) is 13.7. The number of aromatic nitrogens is 2. The molecule has 0 aliphatic rings. The maximum absolute atomic E-state index is 11.9. The van der Waals surface area contributed by atoms with Crippen LogP contribution in [0.15, 0.2) is 48.5 Å². The fourth-order valence-electron chi connectivity index (χ4n) is 1.83. The molecule has 0 saturated heterocycles. The van der Waals surface area contributed by atoms with Crippen LogP contribution in [0.5, 0.6) is 0 Å². The second-order valence-corrected chi connectivity index (χ2v) is 5.28. The number of hydrogen-bond acceptors (Lipinski definition) is 4. The highest BCUT2D eigenvalue weighted by Crippen LogP contribution is 2.21. The van der Waals surface area contributed by atoms with Crippen molar-refractivity contribution in [2.24, 2.45) is 0 Å². The lowest BCUT2D eigenvalue weighted by atomic mass is 10.2. The lowest BCUT2D eigenvalue weighted by molar-refractivity contribution is -0.111. The van der Waals surface area contributed by atoms with E-state index in [9.17, 15) is 4.79 Å². The van der Waals surface area contributed by atoms with Gasteiger partial charge in [-0.15, -0.1) is 0 Å². The van der Waals surface area contributed by atoms with Crippen LogP contribution >= 0.6 is 23.3 Å². The molecule has 1 amide bonds. The first-order valence-electron chi connectivity index (χ1n) is 6.18. The molecular formula is C15H10ClN3OS. The average molecular weight is 316 g/mol. The zero-order valence-corrected chi connectivity index (χ0v) is 12.4. The topological polar surface area (TPSA) is 54.9 Å². The third-order valence-electron chi connectivity index (χ3n) is 2.84. The van der Waals surface area contributed by atoms with Crippen LogP contribution in [0, 0.1) is 0 Å².